The molecule has 0 aliphatic carbocycles. The van der Waals surface area contributed by atoms with Gasteiger partial charge in [-0.2, -0.15) is 0 Å². The van der Waals surface area contributed by atoms with Crippen LogP contribution < -0.4 is 0 Å². The average molecular weight is 345 g/mol. The van der Waals surface area contributed by atoms with Gasteiger partial charge in [-0.15, -0.1) is 0 Å². The highest BCUT2D eigenvalue weighted by molar-refractivity contribution is 9.10. The fourth-order valence-corrected chi connectivity index (χ4v) is 2.34. The quantitative estimate of drug-likeness (QED) is 0.607. The van der Waals surface area contributed by atoms with E-state index in [1.54, 1.807) is 31.2 Å². The Morgan fingerprint density at radius 2 is 2.10 bits per heavy atom. The summed E-state index contributed by atoms with van der Waals surface area (Å²) >= 11 is 3.28. The van der Waals surface area contributed by atoms with E-state index in [0.29, 0.717) is 10.0 Å². The van der Waals surface area contributed by atoms with Crippen LogP contribution in [-0.2, 0) is 24.5 Å². The molecule has 1 rings (SSSR count). The molecule has 1 unspecified atom stereocenters. The average Bonchev–Trinajstić information content (AvgIpc) is 2.39. The number of rotatable bonds is 7. The number of carbonyl (C=O) groups is 2. The maximum absolute atomic E-state index is 12.3. The molecule has 0 radical (unpaired) electrons. The number of halogens is 1. The predicted molar refractivity (Wildman–Crippen MR) is 76.6 cm³/mol. The molecular formula is C14H17BrO5. The largest absolute Gasteiger partial charge is 0.480 e. The molecule has 1 aromatic rings. The van der Waals surface area contributed by atoms with Gasteiger partial charge >= 0.3 is 11.9 Å². The number of ether oxygens (including phenoxy) is 2. The van der Waals surface area contributed by atoms with Gasteiger partial charge in [0.25, 0.3) is 0 Å². The van der Waals surface area contributed by atoms with Gasteiger partial charge in [-0.3, -0.25) is 9.59 Å². The third-order valence-corrected chi connectivity index (χ3v) is 3.48. The molecule has 20 heavy (non-hydrogen) atoms. The van der Waals surface area contributed by atoms with Gasteiger partial charge in [-0.05, 0) is 24.6 Å². The molecule has 6 heteroatoms. The number of benzene rings is 1. The molecule has 0 amide bonds. The van der Waals surface area contributed by atoms with Crippen LogP contribution >= 0.6 is 15.9 Å². The number of hydrogen-bond acceptors (Lipinski definition) is 4. The van der Waals surface area contributed by atoms with Crippen LogP contribution in [-0.4, -0.2) is 37.4 Å². The fourth-order valence-electron chi connectivity index (χ4n) is 1.95. The zero-order valence-corrected chi connectivity index (χ0v) is 13.0. The summed E-state index contributed by atoms with van der Waals surface area (Å²) in [6, 6.07) is 6.66. The van der Waals surface area contributed by atoms with Gasteiger partial charge in [-0.25, -0.2) is 0 Å². The number of methoxy groups -OCH3 is 1. The Hall–Kier alpha value is -1.40. The first-order valence-corrected chi connectivity index (χ1v) is 6.94. The first kappa shape index (κ1) is 16.7. The Bertz CT molecular complexity index is 488. The molecule has 1 aromatic carbocycles. The molecular weight excluding hydrogens is 328 g/mol. The SMILES string of the molecule is CCOC(=O)C(CCOC)(C(=O)O)c1cccc(Br)c1. The Morgan fingerprint density at radius 1 is 1.40 bits per heavy atom. The minimum Gasteiger partial charge on any atom is -0.480 e. The zero-order valence-electron chi connectivity index (χ0n) is 11.4. The molecule has 0 aliphatic rings. The summed E-state index contributed by atoms with van der Waals surface area (Å²) < 4.78 is 10.6. The van der Waals surface area contributed by atoms with Crippen LogP contribution in [0, 0.1) is 0 Å². The highest BCUT2D eigenvalue weighted by Crippen LogP contribution is 2.32. The smallest absolute Gasteiger partial charge is 0.328 e. The third kappa shape index (κ3) is 3.37. The van der Waals surface area contributed by atoms with Crippen molar-refractivity contribution < 1.29 is 24.2 Å². The number of hydrogen-bond donors (Lipinski definition) is 1. The molecule has 0 heterocycles. The first-order valence-electron chi connectivity index (χ1n) is 6.14. The topological polar surface area (TPSA) is 72.8 Å². The second kappa shape index (κ2) is 7.40. The standard InChI is InChI=1S/C14H17BrO5/c1-3-20-13(18)14(12(16)17,7-8-19-2)10-5-4-6-11(15)9-10/h4-6,9H,3,7-8H2,1-2H3,(H,16,17). The van der Waals surface area contributed by atoms with Crippen molar-refractivity contribution in [3.63, 3.8) is 0 Å². The zero-order chi connectivity index (χ0) is 15.2. The van der Waals surface area contributed by atoms with Gasteiger partial charge in [0.1, 0.15) is 0 Å². The molecule has 0 bridgehead atoms. The van der Waals surface area contributed by atoms with Crippen molar-refractivity contribution in [3.8, 4) is 0 Å². The number of aliphatic carboxylic acids is 1. The normalized spacial score (nSPS) is 13.6. The molecule has 0 aromatic heterocycles. The summed E-state index contributed by atoms with van der Waals surface area (Å²) in [6.07, 6.45) is 0.00806. The second-order valence-electron chi connectivity index (χ2n) is 4.18. The third-order valence-electron chi connectivity index (χ3n) is 2.99. The Morgan fingerprint density at radius 3 is 2.60 bits per heavy atom. The van der Waals surface area contributed by atoms with Crippen LogP contribution in [0.15, 0.2) is 28.7 Å². The van der Waals surface area contributed by atoms with Crippen LogP contribution in [0.2, 0.25) is 0 Å². The van der Waals surface area contributed by atoms with E-state index in [0.717, 1.165) is 0 Å². The van der Waals surface area contributed by atoms with Crippen LogP contribution in [0.5, 0.6) is 0 Å². The van der Waals surface area contributed by atoms with Crippen molar-refractivity contribution in [1.29, 1.82) is 0 Å². The highest BCUT2D eigenvalue weighted by Gasteiger charge is 2.49. The van der Waals surface area contributed by atoms with Crippen molar-refractivity contribution in [3.05, 3.63) is 34.3 Å². The lowest BCUT2D eigenvalue weighted by molar-refractivity contribution is -0.162. The summed E-state index contributed by atoms with van der Waals surface area (Å²) in [4.78, 5) is 24.0. The lowest BCUT2D eigenvalue weighted by Crippen LogP contribution is -2.46. The van der Waals surface area contributed by atoms with E-state index < -0.39 is 17.4 Å². The summed E-state index contributed by atoms with van der Waals surface area (Å²) in [5.74, 6) is -2.02. The van der Waals surface area contributed by atoms with E-state index >= 15 is 0 Å². The number of carbonyl (C=O) groups excluding carboxylic acids is 1. The minimum atomic E-state index is -1.75. The van der Waals surface area contributed by atoms with E-state index in [2.05, 4.69) is 15.9 Å². The summed E-state index contributed by atoms with van der Waals surface area (Å²) in [7, 11) is 1.46. The van der Waals surface area contributed by atoms with Gasteiger partial charge in [0.05, 0.1) is 6.61 Å². The summed E-state index contributed by atoms with van der Waals surface area (Å²) in [5, 5.41) is 9.62. The van der Waals surface area contributed by atoms with Crippen molar-refractivity contribution in [2.45, 2.75) is 18.8 Å². The van der Waals surface area contributed by atoms with Crippen LogP contribution in [0.3, 0.4) is 0 Å². The second-order valence-corrected chi connectivity index (χ2v) is 5.10. The van der Waals surface area contributed by atoms with E-state index in [1.165, 1.54) is 7.11 Å². The number of carboxylic acids is 1. The monoisotopic (exact) mass is 344 g/mol. The molecule has 0 spiro atoms. The molecule has 0 saturated heterocycles. The Labute approximate surface area is 126 Å². The van der Waals surface area contributed by atoms with Crippen molar-refractivity contribution in [1.82, 2.24) is 0 Å². The van der Waals surface area contributed by atoms with Gasteiger partial charge in [0, 0.05) is 24.6 Å². The fraction of sp³-hybridized carbons (Fsp3) is 0.429. The van der Waals surface area contributed by atoms with Gasteiger partial charge < -0.3 is 14.6 Å². The lowest BCUT2D eigenvalue weighted by atomic mass is 9.77. The molecule has 0 saturated carbocycles. The van der Waals surface area contributed by atoms with Crippen molar-refractivity contribution in [2.24, 2.45) is 0 Å². The van der Waals surface area contributed by atoms with Crippen molar-refractivity contribution in [2.75, 3.05) is 20.3 Å². The van der Waals surface area contributed by atoms with Crippen LogP contribution in [0.4, 0.5) is 0 Å². The first-order chi connectivity index (χ1) is 9.48. The maximum Gasteiger partial charge on any atom is 0.328 e. The van der Waals surface area contributed by atoms with Gasteiger partial charge in [0.15, 0.2) is 5.41 Å². The molecule has 0 aliphatic heterocycles. The van der Waals surface area contributed by atoms with Gasteiger partial charge in [-0.1, -0.05) is 28.1 Å². The lowest BCUT2D eigenvalue weighted by Gasteiger charge is -2.27. The summed E-state index contributed by atoms with van der Waals surface area (Å²) in [6.45, 7) is 1.90. The Kier molecular flexibility index (Phi) is 6.16. The van der Waals surface area contributed by atoms with Gasteiger partial charge in [0.2, 0.25) is 0 Å². The molecule has 1 atom stereocenters. The van der Waals surface area contributed by atoms with E-state index in [1.807, 2.05) is 0 Å². The van der Waals surface area contributed by atoms with Crippen LogP contribution in [0.25, 0.3) is 0 Å². The molecule has 0 fully saturated rings. The minimum absolute atomic E-state index is 0.00806. The molecule has 1 N–H and O–H groups in total. The van der Waals surface area contributed by atoms with E-state index in [4.69, 9.17) is 9.47 Å². The van der Waals surface area contributed by atoms with Crippen molar-refractivity contribution >= 4 is 27.9 Å². The predicted octanol–water partition coefficient (Wildman–Crippen LogP) is 2.37. The van der Waals surface area contributed by atoms with E-state index in [-0.39, 0.29) is 19.6 Å². The Balaban J connectivity index is 3.36. The number of carboxylic acid groups (broad SMARTS) is 1. The van der Waals surface area contributed by atoms with Crippen LogP contribution in [0.1, 0.15) is 18.9 Å². The number of esters is 1. The maximum atomic E-state index is 12.3. The molecule has 110 valence electrons. The van der Waals surface area contributed by atoms with E-state index in [9.17, 15) is 14.7 Å². The highest BCUT2D eigenvalue weighted by atomic mass is 79.9. The molecule has 5 nitrogen and oxygen atoms in total. The summed E-state index contributed by atoms with van der Waals surface area (Å²) in [5.41, 5.74) is -1.38.